The van der Waals surface area contributed by atoms with Crippen LogP contribution >= 0.6 is 34.1 Å². The fourth-order valence-electron chi connectivity index (χ4n) is 1.38. The van der Waals surface area contributed by atoms with E-state index < -0.39 is 0 Å². The van der Waals surface area contributed by atoms with E-state index in [9.17, 15) is 0 Å². The standard InChI is InChI=1S/C12H14IN3OS/c1-2-7-14-12-10(15-16-18-12)8-17-11-6-4-3-5-9(11)13/h3-6,14H,2,7-8H2,1H3. The van der Waals surface area contributed by atoms with Gasteiger partial charge < -0.3 is 10.1 Å². The topological polar surface area (TPSA) is 47.0 Å². The Labute approximate surface area is 124 Å². The molecular weight excluding hydrogens is 361 g/mol. The summed E-state index contributed by atoms with van der Waals surface area (Å²) in [6, 6.07) is 7.94. The van der Waals surface area contributed by atoms with Crippen molar-refractivity contribution in [2.75, 3.05) is 11.9 Å². The number of nitrogens with one attached hydrogen (secondary N) is 1. The lowest BCUT2D eigenvalue weighted by molar-refractivity contribution is 0.299. The molecular formula is C12H14IN3OS. The number of ether oxygens (including phenoxy) is 1. The summed E-state index contributed by atoms with van der Waals surface area (Å²) in [5.74, 6) is 0.882. The van der Waals surface area contributed by atoms with Crippen LogP contribution in [-0.4, -0.2) is 16.1 Å². The minimum absolute atomic E-state index is 0.447. The van der Waals surface area contributed by atoms with Gasteiger partial charge in [-0.1, -0.05) is 23.5 Å². The fourth-order valence-corrected chi connectivity index (χ4v) is 2.52. The minimum Gasteiger partial charge on any atom is -0.486 e. The molecule has 0 amide bonds. The molecule has 0 bridgehead atoms. The number of halogens is 1. The average Bonchev–Trinajstić information content (AvgIpc) is 2.83. The number of hydrogen-bond acceptors (Lipinski definition) is 5. The second kappa shape index (κ2) is 6.89. The molecule has 18 heavy (non-hydrogen) atoms. The molecule has 0 aliphatic rings. The molecule has 0 aliphatic heterocycles. The van der Waals surface area contributed by atoms with Gasteiger partial charge in [0.2, 0.25) is 0 Å². The van der Waals surface area contributed by atoms with Gasteiger partial charge in [0.1, 0.15) is 23.1 Å². The van der Waals surface area contributed by atoms with Gasteiger partial charge in [-0.2, -0.15) is 0 Å². The molecule has 4 nitrogen and oxygen atoms in total. The van der Waals surface area contributed by atoms with E-state index in [2.05, 4.69) is 44.4 Å². The molecule has 0 aliphatic carbocycles. The zero-order valence-corrected chi connectivity index (χ0v) is 13.0. The number of para-hydroxylation sites is 1. The SMILES string of the molecule is CCCNc1snnc1COc1ccccc1I. The summed E-state index contributed by atoms with van der Waals surface area (Å²) < 4.78 is 10.8. The number of benzene rings is 1. The molecule has 96 valence electrons. The monoisotopic (exact) mass is 375 g/mol. The molecule has 0 fully saturated rings. The van der Waals surface area contributed by atoms with Crippen LogP contribution in [0.4, 0.5) is 5.00 Å². The summed E-state index contributed by atoms with van der Waals surface area (Å²) in [7, 11) is 0. The number of rotatable bonds is 6. The third-order valence-corrected chi connectivity index (χ3v) is 3.91. The van der Waals surface area contributed by atoms with E-state index in [4.69, 9.17) is 4.74 Å². The summed E-state index contributed by atoms with van der Waals surface area (Å²) >= 11 is 3.63. The van der Waals surface area contributed by atoms with Crippen LogP contribution in [0.2, 0.25) is 0 Å². The first kappa shape index (κ1) is 13.5. The van der Waals surface area contributed by atoms with Crippen molar-refractivity contribution in [2.24, 2.45) is 0 Å². The highest BCUT2D eigenvalue weighted by Crippen LogP contribution is 2.23. The van der Waals surface area contributed by atoms with Gasteiger partial charge in [-0.25, -0.2) is 0 Å². The van der Waals surface area contributed by atoms with E-state index >= 15 is 0 Å². The van der Waals surface area contributed by atoms with Gasteiger partial charge in [-0.05, 0) is 41.1 Å². The zero-order valence-electron chi connectivity index (χ0n) is 10.0. The second-order valence-electron chi connectivity index (χ2n) is 3.69. The van der Waals surface area contributed by atoms with Crippen molar-refractivity contribution in [1.82, 2.24) is 9.59 Å². The quantitative estimate of drug-likeness (QED) is 0.785. The van der Waals surface area contributed by atoms with E-state index in [1.165, 1.54) is 11.5 Å². The average molecular weight is 375 g/mol. The first-order valence-corrected chi connectivity index (χ1v) is 7.59. The molecule has 0 radical (unpaired) electrons. The highest BCUT2D eigenvalue weighted by atomic mass is 127. The second-order valence-corrected chi connectivity index (χ2v) is 5.61. The van der Waals surface area contributed by atoms with E-state index in [0.29, 0.717) is 6.61 Å². The van der Waals surface area contributed by atoms with Crippen molar-refractivity contribution >= 4 is 39.1 Å². The maximum atomic E-state index is 5.76. The van der Waals surface area contributed by atoms with Crippen LogP contribution in [-0.2, 0) is 6.61 Å². The van der Waals surface area contributed by atoms with Crippen molar-refractivity contribution in [3.63, 3.8) is 0 Å². The number of anilines is 1. The van der Waals surface area contributed by atoms with Crippen LogP contribution < -0.4 is 10.1 Å². The van der Waals surface area contributed by atoms with Gasteiger partial charge in [-0.15, -0.1) is 5.10 Å². The maximum Gasteiger partial charge on any atom is 0.136 e. The van der Waals surface area contributed by atoms with Gasteiger partial charge in [0.05, 0.1) is 3.57 Å². The van der Waals surface area contributed by atoms with E-state index in [0.717, 1.165) is 33.0 Å². The Morgan fingerprint density at radius 1 is 1.39 bits per heavy atom. The predicted molar refractivity (Wildman–Crippen MR) is 82.2 cm³/mol. The number of aromatic nitrogens is 2. The molecule has 6 heteroatoms. The Bertz CT molecular complexity index is 504. The Balaban J connectivity index is 1.98. The minimum atomic E-state index is 0.447. The molecule has 1 aromatic heterocycles. The molecule has 1 N–H and O–H groups in total. The molecule has 0 atom stereocenters. The molecule has 2 aromatic rings. The van der Waals surface area contributed by atoms with Crippen LogP contribution in [0.3, 0.4) is 0 Å². The fraction of sp³-hybridized carbons (Fsp3) is 0.333. The van der Waals surface area contributed by atoms with Crippen LogP contribution in [0.15, 0.2) is 24.3 Å². The van der Waals surface area contributed by atoms with Crippen LogP contribution in [0.1, 0.15) is 19.0 Å². The van der Waals surface area contributed by atoms with Gasteiger partial charge in [0.15, 0.2) is 0 Å². The number of nitrogens with zero attached hydrogens (tertiary/aromatic N) is 2. The molecule has 0 unspecified atom stereocenters. The Hall–Kier alpha value is -0.890. The van der Waals surface area contributed by atoms with Crippen molar-refractivity contribution in [3.05, 3.63) is 33.5 Å². The summed E-state index contributed by atoms with van der Waals surface area (Å²) in [5, 5.41) is 8.40. The van der Waals surface area contributed by atoms with Crippen molar-refractivity contribution in [1.29, 1.82) is 0 Å². The van der Waals surface area contributed by atoms with Crippen molar-refractivity contribution in [2.45, 2.75) is 20.0 Å². The van der Waals surface area contributed by atoms with Gasteiger partial charge in [0.25, 0.3) is 0 Å². The molecule has 0 spiro atoms. The largest absolute Gasteiger partial charge is 0.486 e. The third-order valence-electron chi connectivity index (χ3n) is 2.29. The van der Waals surface area contributed by atoms with Crippen LogP contribution in [0, 0.1) is 3.57 Å². The zero-order chi connectivity index (χ0) is 12.8. The highest BCUT2D eigenvalue weighted by Gasteiger charge is 2.08. The highest BCUT2D eigenvalue weighted by molar-refractivity contribution is 14.1. The van der Waals surface area contributed by atoms with Gasteiger partial charge >= 0.3 is 0 Å². The molecule has 2 rings (SSSR count). The Morgan fingerprint density at radius 3 is 3.00 bits per heavy atom. The van der Waals surface area contributed by atoms with E-state index in [1.807, 2.05) is 24.3 Å². The predicted octanol–water partition coefficient (Wildman–Crippen LogP) is 3.54. The smallest absolute Gasteiger partial charge is 0.136 e. The first-order valence-electron chi connectivity index (χ1n) is 5.73. The lowest BCUT2D eigenvalue weighted by Gasteiger charge is -2.07. The number of hydrogen-bond donors (Lipinski definition) is 1. The maximum absolute atomic E-state index is 5.76. The summed E-state index contributed by atoms with van der Waals surface area (Å²) in [4.78, 5) is 0. The van der Waals surface area contributed by atoms with Crippen molar-refractivity contribution in [3.8, 4) is 5.75 Å². The Kier molecular flexibility index (Phi) is 5.18. The summed E-state index contributed by atoms with van der Waals surface area (Å²) in [5.41, 5.74) is 0.869. The lowest BCUT2D eigenvalue weighted by atomic mass is 10.3. The summed E-state index contributed by atoms with van der Waals surface area (Å²) in [6.07, 6.45) is 1.08. The summed E-state index contributed by atoms with van der Waals surface area (Å²) in [6.45, 7) is 3.51. The Morgan fingerprint density at radius 2 is 2.22 bits per heavy atom. The molecule has 0 saturated carbocycles. The van der Waals surface area contributed by atoms with Crippen LogP contribution in [0.25, 0.3) is 0 Å². The molecule has 1 aromatic carbocycles. The third kappa shape index (κ3) is 3.55. The first-order chi connectivity index (χ1) is 8.81. The normalized spacial score (nSPS) is 10.3. The van der Waals surface area contributed by atoms with Gasteiger partial charge in [0, 0.05) is 18.1 Å². The van der Waals surface area contributed by atoms with Crippen molar-refractivity contribution < 1.29 is 4.74 Å². The van der Waals surface area contributed by atoms with E-state index in [-0.39, 0.29) is 0 Å². The molecule has 0 saturated heterocycles. The van der Waals surface area contributed by atoms with Gasteiger partial charge in [-0.3, -0.25) is 0 Å². The van der Waals surface area contributed by atoms with Crippen LogP contribution in [0.5, 0.6) is 5.75 Å². The lowest BCUT2D eigenvalue weighted by Crippen LogP contribution is -2.04. The molecule has 1 heterocycles. The van der Waals surface area contributed by atoms with E-state index in [1.54, 1.807) is 0 Å².